The Kier molecular flexibility index (Phi) is 4.47. The zero-order valence-electron chi connectivity index (χ0n) is 13.2. The summed E-state index contributed by atoms with van der Waals surface area (Å²) in [6, 6.07) is 5.97. The SMILES string of the molecule is C=C[C@@H]1CC[C@@H]2CC(c3ccc(CC)c(F)c3)CC[C@@H]2C1. The maximum absolute atomic E-state index is 14.0. The molecular weight excluding hydrogens is 259 g/mol. The number of benzene rings is 1. The van der Waals surface area contributed by atoms with Gasteiger partial charge in [0.25, 0.3) is 0 Å². The van der Waals surface area contributed by atoms with Crippen molar-refractivity contribution < 1.29 is 4.39 Å². The Bertz CT molecular complexity index is 505. The van der Waals surface area contributed by atoms with E-state index < -0.39 is 0 Å². The molecule has 0 radical (unpaired) electrons. The maximum atomic E-state index is 14.0. The van der Waals surface area contributed by atoms with Crippen molar-refractivity contribution in [1.29, 1.82) is 0 Å². The Labute approximate surface area is 128 Å². The summed E-state index contributed by atoms with van der Waals surface area (Å²) >= 11 is 0. The Morgan fingerprint density at radius 3 is 2.62 bits per heavy atom. The number of hydrogen-bond acceptors (Lipinski definition) is 0. The van der Waals surface area contributed by atoms with Crippen molar-refractivity contribution in [3.63, 3.8) is 0 Å². The van der Waals surface area contributed by atoms with E-state index in [9.17, 15) is 4.39 Å². The molecule has 114 valence electrons. The first-order valence-electron chi connectivity index (χ1n) is 8.62. The first-order valence-corrected chi connectivity index (χ1v) is 8.62. The van der Waals surface area contributed by atoms with Crippen LogP contribution in [0.15, 0.2) is 30.9 Å². The first kappa shape index (κ1) is 14.8. The molecule has 21 heavy (non-hydrogen) atoms. The molecule has 0 nitrogen and oxygen atoms in total. The largest absolute Gasteiger partial charge is 0.207 e. The molecule has 2 fully saturated rings. The predicted octanol–water partition coefficient (Wildman–Crippen LogP) is 5.87. The van der Waals surface area contributed by atoms with Gasteiger partial charge in [-0.25, -0.2) is 4.39 Å². The van der Waals surface area contributed by atoms with Crippen LogP contribution in [0.1, 0.15) is 62.5 Å². The third-order valence-electron chi connectivity index (χ3n) is 5.92. The Morgan fingerprint density at radius 2 is 1.90 bits per heavy atom. The van der Waals surface area contributed by atoms with Crippen molar-refractivity contribution >= 4 is 0 Å². The zero-order valence-corrected chi connectivity index (χ0v) is 13.2. The van der Waals surface area contributed by atoms with Crippen LogP contribution in [0.3, 0.4) is 0 Å². The summed E-state index contributed by atoms with van der Waals surface area (Å²) in [4.78, 5) is 0. The molecule has 1 aromatic carbocycles. The summed E-state index contributed by atoms with van der Waals surface area (Å²) in [6.45, 7) is 5.98. The number of aryl methyl sites for hydroxylation is 1. The highest BCUT2D eigenvalue weighted by Gasteiger charge is 2.35. The maximum Gasteiger partial charge on any atom is 0.126 e. The van der Waals surface area contributed by atoms with E-state index in [0.717, 1.165) is 29.7 Å². The van der Waals surface area contributed by atoms with Gasteiger partial charge in [0.05, 0.1) is 0 Å². The fourth-order valence-corrected chi connectivity index (χ4v) is 4.55. The van der Waals surface area contributed by atoms with E-state index in [1.165, 1.54) is 44.1 Å². The molecule has 0 spiro atoms. The molecule has 0 aliphatic heterocycles. The monoisotopic (exact) mass is 286 g/mol. The molecule has 1 unspecified atom stereocenters. The fourth-order valence-electron chi connectivity index (χ4n) is 4.55. The number of hydrogen-bond donors (Lipinski definition) is 0. The average molecular weight is 286 g/mol. The molecule has 0 heterocycles. The highest BCUT2D eigenvalue weighted by molar-refractivity contribution is 5.27. The second-order valence-electron chi connectivity index (χ2n) is 7.04. The molecule has 0 aromatic heterocycles. The molecule has 2 saturated carbocycles. The van der Waals surface area contributed by atoms with Crippen LogP contribution in [-0.4, -0.2) is 0 Å². The van der Waals surface area contributed by atoms with E-state index in [1.807, 2.05) is 13.0 Å². The molecule has 0 N–H and O–H groups in total. The van der Waals surface area contributed by atoms with E-state index >= 15 is 0 Å². The van der Waals surface area contributed by atoms with Crippen LogP contribution in [0.2, 0.25) is 0 Å². The molecule has 0 amide bonds. The van der Waals surface area contributed by atoms with Gasteiger partial charge in [0.1, 0.15) is 5.82 Å². The van der Waals surface area contributed by atoms with Crippen LogP contribution >= 0.6 is 0 Å². The number of rotatable bonds is 3. The zero-order chi connectivity index (χ0) is 14.8. The predicted molar refractivity (Wildman–Crippen MR) is 86.9 cm³/mol. The van der Waals surface area contributed by atoms with Gasteiger partial charge in [0.15, 0.2) is 0 Å². The molecule has 3 rings (SSSR count). The lowest BCUT2D eigenvalue weighted by Gasteiger charge is -2.41. The van der Waals surface area contributed by atoms with Crippen LogP contribution in [0, 0.1) is 23.6 Å². The van der Waals surface area contributed by atoms with Crippen molar-refractivity contribution in [3.05, 3.63) is 47.8 Å². The summed E-state index contributed by atoms with van der Waals surface area (Å²) < 4.78 is 14.0. The lowest BCUT2D eigenvalue weighted by molar-refractivity contribution is 0.133. The quantitative estimate of drug-likeness (QED) is 0.609. The average Bonchev–Trinajstić information content (AvgIpc) is 2.53. The molecule has 1 aromatic rings. The summed E-state index contributed by atoms with van der Waals surface area (Å²) in [7, 11) is 0. The van der Waals surface area contributed by atoms with Crippen LogP contribution in [-0.2, 0) is 6.42 Å². The van der Waals surface area contributed by atoms with Crippen LogP contribution < -0.4 is 0 Å². The molecule has 1 heteroatoms. The fraction of sp³-hybridized carbons (Fsp3) is 0.600. The van der Waals surface area contributed by atoms with Crippen molar-refractivity contribution in [3.8, 4) is 0 Å². The normalized spacial score (nSPS) is 32.5. The van der Waals surface area contributed by atoms with Crippen molar-refractivity contribution in [2.45, 2.75) is 57.8 Å². The van der Waals surface area contributed by atoms with E-state index in [-0.39, 0.29) is 5.82 Å². The van der Waals surface area contributed by atoms with Gasteiger partial charge < -0.3 is 0 Å². The second kappa shape index (κ2) is 6.34. The third-order valence-corrected chi connectivity index (χ3v) is 5.92. The highest BCUT2D eigenvalue weighted by Crippen LogP contribution is 2.47. The number of fused-ring (bicyclic) bond motifs is 1. The Balaban J connectivity index is 1.69. The second-order valence-corrected chi connectivity index (χ2v) is 7.04. The van der Waals surface area contributed by atoms with E-state index in [0.29, 0.717) is 5.92 Å². The molecule has 4 atom stereocenters. The van der Waals surface area contributed by atoms with E-state index in [4.69, 9.17) is 0 Å². The van der Waals surface area contributed by atoms with Crippen LogP contribution in [0.4, 0.5) is 4.39 Å². The minimum absolute atomic E-state index is 0.00695. The molecule has 0 bridgehead atoms. The topological polar surface area (TPSA) is 0 Å². The summed E-state index contributed by atoms with van der Waals surface area (Å²) in [5.74, 6) is 3.05. The lowest BCUT2D eigenvalue weighted by Crippen LogP contribution is -2.30. The number of halogens is 1. The Morgan fingerprint density at radius 1 is 1.14 bits per heavy atom. The standard InChI is InChI=1S/C20H27F/c1-3-14-5-6-17-12-18(10-9-16(17)11-14)19-8-7-15(4-2)20(21)13-19/h3,7-8,13-14,16-18H,1,4-6,9-12H2,2H3/t14-,16-,17-,18?/m1/s1. The minimum atomic E-state index is -0.00695. The molecule has 0 saturated heterocycles. The van der Waals surface area contributed by atoms with Crippen molar-refractivity contribution in [2.24, 2.45) is 17.8 Å². The van der Waals surface area contributed by atoms with Gasteiger partial charge in [-0.1, -0.05) is 25.1 Å². The van der Waals surface area contributed by atoms with Crippen molar-refractivity contribution in [2.75, 3.05) is 0 Å². The van der Waals surface area contributed by atoms with Crippen LogP contribution in [0.25, 0.3) is 0 Å². The summed E-state index contributed by atoms with van der Waals surface area (Å²) in [5, 5.41) is 0. The third kappa shape index (κ3) is 3.07. The first-order chi connectivity index (χ1) is 10.2. The van der Waals surface area contributed by atoms with Crippen LogP contribution in [0.5, 0.6) is 0 Å². The number of allylic oxidation sites excluding steroid dienone is 1. The van der Waals surface area contributed by atoms with Gasteiger partial charge in [0.2, 0.25) is 0 Å². The molecule has 2 aliphatic carbocycles. The van der Waals surface area contributed by atoms with E-state index in [1.54, 1.807) is 6.07 Å². The lowest BCUT2D eigenvalue weighted by atomic mass is 9.64. The smallest absolute Gasteiger partial charge is 0.126 e. The summed E-state index contributed by atoms with van der Waals surface area (Å²) in [5.41, 5.74) is 2.08. The Hall–Kier alpha value is -1.11. The molecular formula is C20H27F. The minimum Gasteiger partial charge on any atom is -0.207 e. The highest BCUT2D eigenvalue weighted by atomic mass is 19.1. The van der Waals surface area contributed by atoms with Gasteiger partial charge in [-0.05, 0) is 85.8 Å². The van der Waals surface area contributed by atoms with Gasteiger partial charge in [-0.3, -0.25) is 0 Å². The molecule has 2 aliphatic rings. The van der Waals surface area contributed by atoms with Gasteiger partial charge in [-0.15, -0.1) is 6.58 Å². The summed E-state index contributed by atoms with van der Waals surface area (Å²) in [6.07, 6.45) is 10.7. The van der Waals surface area contributed by atoms with Gasteiger partial charge in [0, 0.05) is 0 Å². The van der Waals surface area contributed by atoms with Crippen molar-refractivity contribution in [1.82, 2.24) is 0 Å². The van der Waals surface area contributed by atoms with Gasteiger partial charge in [-0.2, -0.15) is 0 Å². The van der Waals surface area contributed by atoms with Gasteiger partial charge >= 0.3 is 0 Å². The van der Waals surface area contributed by atoms with E-state index in [2.05, 4.69) is 18.7 Å².